The highest BCUT2D eigenvalue weighted by Crippen LogP contribution is 2.37. The number of hydrogen-bond acceptors (Lipinski definition) is 7. The van der Waals surface area contributed by atoms with Gasteiger partial charge >= 0.3 is 5.97 Å². The predicted molar refractivity (Wildman–Crippen MR) is 123 cm³/mol. The number of ether oxygens (including phenoxy) is 3. The quantitative estimate of drug-likeness (QED) is 0.276. The molecular formula is C24H19ClFN3O4. The van der Waals surface area contributed by atoms with Crippen LogP contribution in [0.5, 0.6) is 17.2 Å². The van der Waals surface area contributed by atoms with Gasteiger partial charge < -0.3 is 19.5 Å². The summed E-state index contributed by atoms with van der Waals surface area (Å²) < 4.78 is 31.0. The summed E-state index contributed by atoms with van der Waals surface area (Å²) in [4.78, 5) is 19.8. The molecule has 1 heterocycles. The topological polar surface area (TPSA) is 82.6 Å². The van der Waals surface area contributed by atoms with Crippen LogP contribution in [-0.2, 0) is 11.4 Å². The zero-order valence-electron chi connectivity index (χ0n) is 17.8. The second-order valence-electron chi connectivity index (χ2n) is 7.00. The van der Waals surface area contributed by atoms with E-state index in [0.29, 0.717) is 34.8 Å². The van der Waals surface area contributed by atoms with Gasteiger partial charge in [0.1, 0.15) is 24.6 Å². The molecule has 0 spiro atoms. The van der Waals surface area contributed by atoms with Crippen molar-refractivity contribution in [3.05, 3.63) is 77.3 Å². The molecule has 0 aliphatic rings. The van der Waals surface area contributed by atoms with E-state index in [4.69, 9.17) is 25.8 Å². The van der Waals surface area contributed by atoms with Crippen molar-refractivity contribution in [3.63, 3.8) is 0 Å². The van der Waals surface area contributed by atoms with E-state index in [-0.39, 0.29) is 16.5 Å². The van der Waals surface area contributed by atoms with E-state index in [9.17, 15) is 9.18 Å². The number of esters is 1. The minimum Gasteiger partial charge on any atom is -0.493 e. The molecule has 0 saturated heterocycles. The van der Waals surface area contributed by atoms with E-state index in [1.807, 2.05) is 30.3 Å². The van der Waals surface area contributed by atoms with E-state index in [2.05, 4.69) is 15.3 Å². The van der Waals surface area contributed by atoms with E-state index in [1.54, 1.807) is 12.1 Å². The Hall–Kier alpha value is -3.91. The second-order valence-corrected chi connectivity index (χ2v) is 7.41. The Morgan fingerprint density at radius 2 is 1.85 bits per heavy atom. The molecule has 4 aromatic rings. The molecular weight excluding hydrogens is 449 g/mol. The van der Waals surface area contributed by atoms with Gasteiger partial charge in [-0.15, -0.1) is 0 Å². The Balaban J connectivity index is 1.67. The van der Waals surface area contributed by atoms with Crippen LogP contribution in [0.25, 0.3) is 10.9 Å². The molecule has 0 saturated carbocycles. The van der Waals surface area contributed by atoms with Crippen LogP contribution in [0.1, 0.15) is 12.5 Å². The van der Waals surface area contributed by atoms with Crippen LogP contribution >= 0.6 is 11.6 Å². The number of aromatic nitrogens is 2. The molecule has 4 rings (SSSR count). The lowest BCUT2D eigenvalue weighted by molar-refractivity contribution is -0.131. The third-order valence-electron chi connectivity index (χ3n) is 4.69. The van der Waals surface area contributed by atoms with Crippen molar-refractivity contribution in [2.45, 2.75) is 13.5 Å². The largest absolute Gasteiger partial charge is 0.493 e. The molecule has 9 heteroatoms. The summed E-state index contributed by atoms with van der Waals surface area (Å²) in [6.07, 6.45) is 1.35. The van der Waals surface area contributed by atoms with Gasteiger partial charge in [-0.3, -0.25) is 4.79 Å². The first kappa shape index (κ1) is 22.3. The second kappa shape index (κ2) is 9.70. The van der Waals surface area contributed by atoms with Crippen LogP contribution in [-0.4, -0.2) is 23.0 Å². The fourth-order valence-electron chi connectivity index (χ4n) is 3.16. The van der Waals surface area contributed by atoms with Crippen molar-refractivity contribution < 1.29 is 23.4 Å². The number of nitrogens with one attached hydrogen (secondary N) is 1. The Morgan fingerprint density at radius 1 is 1.06 bits per heavy atom. The zero-order chi connectivity index (χ0) is 23.4. The fourth-order valence-corrected chi connectivity index (χ4v) is 3.35. The van der Waals surface area contributed by atoms with Crippen LogP contribution in [0.2, 0.25) is 5.02 Å². The summed E-state index contributed by atoms with van der Waals surface area (Å²) in [5.41, 5.74) is 1.59. The standard InChI is InChI=1S/C24H19ClFN3O4/c1-14(30)33-21-11-20(18(26)9-17(21)25)29-24-16-8-22(31-2)23(10-19(16)27-13-28-24)32-12-15-6-4-3-5-7-15/h3-11,13H,12H2,1-2H3,(H,27,28,29). The number of benzene rings is 3. The van der Waals surface area contributed by atoms with Gasteiger partial charge in [0.05, 0.1) is 23.3 Å². The van der Waals surface area contributed by atoms with Crippen LogP contribution in [0.15, 0.2) is 60.9 Å². The molecule has 0 aliphatic heterocycles. The molecule has 0 atom stereocenters. The third kappa shape index (κ3) is 5.12. The monoisotopic (exact) mass is 467 g/mol. The van der Waals surface area contributed by atoms with Crippen molar-refractivity contribution in [1.82, 2.24) is 9.97 Å². The predicted octanol–water partition coefficient (Wildman–Crippen LogP) is 5.68. The molecule has 168 valence electrons. The normalized spacial score (nSPS) is 10.7. The Labute approximate surface area is 194 Å². The number of methoxy groups -OCH3 is 1. The minimum atomic E-state index is -0.641. The lowest BCUT2D eigenvalue weighted by atomic mass is 10.2. The van der Waals surface area contributed by atoms with Gasteiger partial charge in [0.2, 0.25) is 0 Å². The Bertz CT molecular complexity index is 1320. The molecule has 0 radical (unpaired) electrons. The fraction of sp³-hybridized carbons (Fsp3) is 0.125. The lowest BCUT2D eigenvalue weighted by Crippen LogP contribution is -2.04. The maximum atomic E-state index is 14.5. The molecule has 1 N–H and O–H groups in total. The maximum absolute atomic E-state index is 14.5. The summed E-state index contributed by atoms with van der Waals surface area (Å²) in [5.74, 6) is 0.109. The van der Waals surface area contributed by atoms with Crippen LogP contribution < -0.4 is 19.5 Å². The molecule has 0 fully saturated rings. The van der Waals surface area contributed by atoms with Crippen molar-refractivity contribution in [3.8, 4) is 17.2 Å². The van der Waals surface area contributed by atoms with Crippen molar-refractivity contribution in [2.75, 3.05) is 12.4 Å². The maximum Gasteiger partial charge on any atom is 0.308 e. The SMILES string of the molecule is COc1cc2c(Nc3cc(OC(C)=O)c(Cl)cc3F)ncnc2cc1OCc1ccccc1. The summed E-state index contributed by atoms with van der Waals surface area (Å²) in [7, 11) is 1.53. The number of halogens is 2. The molecule has 3 aromatic carbocycles. The van der Waals surface area contributed by atoms with E-state index < -0.39 is 11.8 Å². The number of anilines is 2. The van der Waals surface area contributed by atoms with Crippen molar-refractivity contribution >= 4 is 40.0 Å². The molecule has 0 aliphatic carbocycles. The summed E-state index contributed by atoms with van der Waals surface area (Å²) >= 11 is 5.97. The number of hydrogen-bond donors (Lipinski definition) is 1. The minimum absolute atomic E-state index is 0.0253. The molecule has 33 heavy (non-hydrogen) atoms. The van der Waals surface area contributed by atoms with Gasteiger partial charge in [-0.05, 0) is 17.7 Å². The third-order valence-corrected chi connectivity index (χ3v) is 4.98. The zero-order valence-corrected chi connectivity index (χ0v) is 18.5. The molecule has 7 nitrogen and oxygen atoms in total. The van der Waals surface area contributed by atoms with Gasteiger partial charge in [0.25, 0.3) is 0 Å². The van der Waals surface area contributed by atoms with Gasteiger partial charge in [-0.2, -0.15) is 0 Å². The summed E-state index contributed by atoms with van der Waals surface area (Å²) in [6, 6.07) is 15.5. The Kier molecular flexibility index (Phi) is 6.55. The van der Waals surface area contributed by atoms with Gasteiger partial charge in [-0.1, -0.05) is 41.9 Å². The summed E-state index contributed by atoms with van der Waals surface area (Å²) in [6.45, 7) is 1.59. The first-order chi connectivity index (χ1) is 15.9. The van der Waals surface area contributed by atoms with E-state index in [1.165, 1.54) is 26.4 Å². The average molecular weight is 468 g/mol. The number of nitrogens with zero attached hydrogens (tertiary/aromatic N) is 2. The smallest absolute Gasteiger partial charge is 0.308 e. The molecule has 0 bridgehead atoms. The summed E-state index contributed by atoms with van der Waals surface area (Å²) in [5, 5.41) is 3.46. The lowest BCUT2D eigenvalue weighted by Gasteiger charge is -2.15. The van der Waals surface area contributed by atoms with Crippen molar-refractivity contribution in [1.29, 1.82) is 0 Å². The molecule has 1 aromatic heterocycles. The first-order valence-corrected chi connectivity index (χ1v) is 10.3. The van der Waals surface area contributed by atoms with Crippen molar-refractivity contribution in [2.24, 2.45) is 0 Å². The van der Waals surface area contributed by atoms with Crippen LogP contribution in [0, 0.1) is 5.82 Å². The molecule has 0 unspecified atom stereocenters. The van der Waals surface area contributed by atoms with Crippen LogP contribution in [0.4, 0.5) is 15.9 Å². The number of rotatable bonds is 7. The highest BCUT2D eigenvalue weighted by atomic mass is 35.5. The average Bonchev–Trinajstić information content (AvgIpc) is 2.80. The highest BCUT2D eigenvalue weighted by Gasteiger charge is 2.16. The highest BCUT2D eigenvalue weighted by molar-refractivity contribution is 6.32. The first-order valence-electron chi connectivity index (χ1n) is 9.88. The number of carbonyl (C=O) groups is 1. The molecule has 0 amide bonds. The van der Waals surface area contributed by atoms with Crippen LogP contribution in [0.3, 0.4) is 0 Å². The Morgan fingerprint density at radius 3 is 2.58 bits per heavy atom. The number of carbonyl (C=O) groups excluding carboxylic acids is 1. The van der Waals surface area contributed by atoms with E-state index in [0.717, 1.165) is 11.6 Å². The van der Waals surface area contributed by atoms with Gasteiger partial charge in [-0.25, -0.2) is 14.4 Å². The van der Waals surface area contributed by atoms with Gasteiger partial charge in [0, 0.05) is 24.4 Å². The number of fused-ring (bicyclic) bond motifs is 1. The van der Waals surface area contributed by atoms with Gasteiger partial charge in [0.15, 0.2) is 17.2 Å². The van der Waals surface area contributed by atoms with E-state index >= 15 is 0 Å².